The van der Waals surface area contributed by atoms with E-state index in [0.717, 1.165) is 30.1 Å². The first-order valence-electron chi connectivity index (χ1n) is 6.91. The van der Waals surface area contributed by atoms with Crippen molar-refractivity contribution in [3.8, 4) is 10.4 Å². The molecule has 110 valence electrons. The fourth-order valence-corrected chi connectivity index (χ4v) is 3.89. The average molecular weight is 322 g/mol. The van der Waals surface area contributed by atoms with E-state index in [4.69, 9.17) is 16.7 Å². The second kappa shape index (κ2) is 6.18. The first-order chi connectivity index (χ1) is 10.1. The normalized spacial score (nSPS) is 19.0. The SMILES string of the molecule is O=C(O)C1CCN(Cc2ccc(-c3cccc(Cl)c3)s2)C1. The molecule has 1 unspecified atom stereocenters. The van der Waals surface area contributed by atoms with Crippen LogP contribution >= 0.6 is 22.9 Å². The number of hydrogen-bond acceptors (Lipinski definition) is 3. The Kier molecular flexibility index (Phi) is 4.29. The molecule has 0 spiro atoms. The summed E-state index contributed by atoms with van der Waals surface area (Å²) in [7, 11) is 0. The number of carbonyl (C=O) groups is 1. The molecule has 0 aliphatic carbocycles. The Bertz CT molecular complexity index is 655. The standard InChI is InChI=1S/C16H16ClNO2S/c17-13-3-1-2-11(8-13)15-5-4-14(21-15)10-18-7-6-12(9-18)16(19)20/h1-5,8,12H,6-7,9-10H2,(H,19,20). The molecular weight excluding hydrogens is 306 g/mol. The third-order valence-electron chi connectivity index (χ3n) is 3.77. The topological polar surface area (TPSA) is 40.5 Å². The molecule has 3 nitrogen and oxygen atoms in total. The quantitative estimate of drug-likeness (QED) is 0.926. The summed E-state index contributed by atoms with van der Waals surface area (Å²) in [5.74, 6) is -0.888. The number of aliphatic carboxylic acids is 1. The maximum absolute atomic E-state index is 11.0. The number of carboxylic acids is 1. The average Bonchev–Trinajstić information content (AvgIpc) is 3.08. The van der Waals surface area contributed by atoms with Gasteiger partial charge < -0.3 is 5.11 Å². The fourth-order valence-electron chi connectivity index (χ4n) is 2.66. The molecule has 0 amide bonds. The highest BCUT2D eigenvalue weighted by Crippen LogP contribution is 2.31. The number of likely N-dealkylation sites (tertiary alicyclic amines) is 1. The van der Waals surface area contributed by atoms with Crippen molar-refractivity contribution in [2.45, 2.75) is 13.0 Å². The molecule has 21 heavy (non-hydrogen) atoms. The minimum absolute atomic E-state index is 0.211. The van der Waals surface area contributed by atoms with Crippen LogP contribution in [0.2, 0.25) is 5.02 Å². The van der Waals surface area contributed by atoms with Gasteiger partial charge in [0, 0.05) is 27.9 Å². The predicted molar refractivity (Wildman–Crippen MR) is 85.8 cm³/mol. The maximum Gasteiger partial charge on any atom is 0.307 e. The van der Waals surface area contributed by atoms with Crippen LogP contribution in [0, 0.1) is 5.92 Å². The van der Waals surface area contributed by atoms with Crippen LogP contribution in [0.4, 0.5) is 0 Å². The molecule has 1 saturated heterocycles. The number of carboxylic acid groups (broad SMARTS) is 1. The Balaban J connectivity index is 1.67. The summed E-state index contributed by atoms with van der Waals surface area (Å²) in [6.07, 6.45) is 0.752. The van der Waals surface area contributed by atoms with Gasteiger partial charge in [-0.1, -0.05) is 23.7 Å². The number of thiophene rings is 1. The largest absolute Gasteiger partial charge is 0.481 e. The van der Waals surface area contributed by atoms with Crippen molar-refractivity contribution in [3.63, 3.8) is 0 Å². The lowest BCUT2D eigenvalue weighted by Gasteiger charge is -2.13. The van der Waals surface area contributed by atoms with Gasteiger partial charge in [0.05, 0.1) is 5.92 Å². The van der Waals surface area contributed by atoms with Crippen molar-refractivity contribution >= 4 is 28.9 Å². The third kappa shape index (κ3) is 3.46. The number of halogens is 1. The zero-order chi connectivity index (χ0) is 14.8. The molecule has 1 aliphatic rings. The van der Waals surface area contributed by atoms with E-state index in [0.29, 0.717) is 6.54 Å². The Morgan fingerprint density at radius 3 is 2.95 bits per heavy atom. The number of nitrogens with zero attached hydrogens (tertiary/aromatic N) is 1. The summed E-state index contributed by atoms with van der Waals surface area (Å²) in [5.41, 5.74) is 1.13. The maximum atomic E-state index is 11.0. The van der Waals surface area contributed by atoms with Gasteiger partial charge in [-0.2, -0.15) is 0 Å². The first-order valence-corrected chi connectivity index (χ1v) is 8.11. The molecule has 1 N–H and O–H groups in total. The monoisotopic (exact) mass is 321 g/mol. The molecule has 3 rings (SSSR count). The molecule has 1 aromatic carbocycles. The van der Waals surface area contributed by atoms with E-state index in [1.807, 2.05) is 18.2 Å². The lowest BCUT2D eigenvalue weighted by molar-refractivity contribution is -0.141. The lowest BCUT2D eigenvalue weighted by Crippen LogP contribution is -2.22. The second-order valence-corrected chi connectivity index (χ2v) is 6.94. The third-order valence-corrected chi connectivity index (χ3v) is 5.13. The van der Waals surface area contributed by atoms with E-state index in [2.05, 4.69) is 23.1 Å². The van der Waals surface area contributed by atoms with Gasteiger partial charge in [-0.3, -0.25) is 9.69 Å². The summed E-state index contributed by atoms with van der Waals surface area (Å²) in [5, 5.41) is 9.78. The van der Waals surface area contributed by atoms with Crippen molar-refractivity contribution in [1.82, 2.24) is 4.90 Å². The molecule has 1 fully saturated rings. The molecule has 1 aromatic heterocycles. The van der Waals surface area contributed by atoms with Crippen LogP contribution in [0.5, 0.6) is 0 Å². The Hall–Kier alpha value is -1.36. The van der Waals surface area contributed by atoms with E-state index in [1.54, 1.807) is 11.3 Å². The van der Waals surface area contributed by atoms with Crippen molar-refractivity contribution in [2.75, 3.05) is 13.1 Å². The van der Waals surface area contributed by atoms with Crippen LogP contribution in [-0.4, -0.2) is 29.1 Å². The number of benzene rings is 1. The van der Waals surface area contributed by atoms with Gasteiger partial charge in [0.1, 0.15) is 0 Å². The summed E-state index contributed by atoms with van der Waals surface area (Å²) >= 11 is 7.77. The van der Waals surface area contributed by atoms with Gasteiger partial charge in [-0.05, 0) is 42.8 Å². The Morgan fingerprint density at radius 1 is 1.38 bits per heavy atom. The van der Waals surface area contributed by atoms with E-state index in [1.165, 1.54) is 9.75 Å². The predicted octanol–water partition coefficient (Wildman–Crippen LogP) is 3.98. The van der Waals surface area contributed by atoms with Gasteiger partial charge in [-0.25, -0.2) is 0 Å². The fraction of sp³-hybridized carbons (Fsp3) is 0.312. The molecule has 5 heteroatoms. The van der Waals surface area contributed by atoms with Crippen LogP contribution in [0.3, 0.4) is 0 Å². The second-order valence-electron chi connectivity index (χ2n) is 5.34. The highest BCUT2D eigenvalue weighted by atomic mass is 35.5. The minimum Gasteiger partial charge on any atom is -0.481 e. The molecular formula is C16H16ClNO2S. The van der Waals surface area contributed by atoms with E-state index < -0.39 is 5.97 Å². The van der Waals surface area contributed by atoms with Crippen LogP contribution < -0.4 is 0 Å². The highest BCUT2D eigenvalue weighted by Gasteiger charge is 2.27. The smallest absolute Gasteiger partial charge is 0.307 e. The number of rotatable bonds is 4. The van der Waals surface area contributed by atoms with Crippen molar-refractivity contribution in [1.29, 1.82) is 0 Å². The van der Waals surface area contributed by atoms with Crippen LogP contribution in [0.1, 0.15) is 11.3 Å². The van der Waals surface area contributed by atoms with Gasteiger partial charge in [0.15, 0.2) is 0 Å². The van der Waals surface area contributed by atoms with Crippen molar-refractivity contribution in [3.05, 3.63) is 46.3 Å². The molecule has 2 heterocycles. The Morgan fingerprint density at radius 2 is 2.24 bits per heavy atom. The van der Waals surface area contributed by atoms with Crippen molar-refractivity contribution < 1.29 is 9.90 Å². The molecule has 0 radical (unpaired) electrons. The Labute approximate surface area is 132 Å². The van der Waals surface area contributed by atoms with Crippen LogP contribution in [-0.2, 0) is 11.3 Å². The van der Waals surface area contributed by atoms with Crippen LogP contribution in [0.25, 0.3) is 10.4 Å². The summed E-state index contributed by atoms with van der Waals surface area (Å²) in [4.78, 5) is 15.7. The first kappa shape index (κ1) is 14.6. The zero-order valence-electron chi connectivity index (χ0n) is 11.5. The molecule has 1 aliphatic heterocycles. The molecule has 2 aromatic rings. The molecule has 1 atom stereocenters. The van der Waals surface area contributed by atoms with Gasteiger partial charge in [0.2, 0.25) is 0 Å². The molecule has 0 saturated carbocycles. The van der Waals surface area contributed by atoms with E-state index >= 15 is 0 Å². The van der Waals surface area contributed by atoms with Gasteiger partial charge in [0.25, 0.3) is 0 Å². The summed E-state index contributed by atoms with van der Waals surface area (Å²) in [6.45, 7) is 2.34. The van der Waals surface area contributed by atoms with Crippen LogP contribution in [0.15, 0.2) is 36.4 Å². The summed E-state index contributed by atoms with van der Waals surface area (Å²) < 4.78 is 0. The van der Waals surface area contributed by atoms with E-state index in [-0.39, 0.29) is 5.92 Å². The van der Waals surface area contributed by atoms with Gasteiger partial charge in [-0.15, -0.1) is 11.3 Å². The van der Waals surface area contributed by atoms with Crippen molar-refractivity contribution in [2.24, 2.45) is 5.92 Å². The zero-order valence-corrected chi connectivity index (χ0v) is 13.0. The minimum atomic E-state index is -0.678. The lowest BCUT2D eigenvalue weighted by atomic mass is 10.1. The summed E-state index contributed by atoms with van der Waals surface area (Å²) in [6, 6.07) is 12.1. The highest BCUT2D eigenvalue weighted by molar-refractivity contribution is 7.15. The number of hydrogen-bond donors (Lipinski definition) is 1. The van der Waals surface area contributed by atoms with Gasteiger partial charge >= 0.3 is 5.97 Å². The van der Waals surface area contributed by atoms with E-state index in [9.17, 15) is 4.79 Å². The molecule has 0 bridgehead atoms.